The van der Waals surface area contributed by atoms with Crippen LogP contribution in [0.3, 0.4) is 0 Å². The van der Waals surface area contributed by atoms with Crippen LogP contribution < -0.4 is 16.6 Å². The van der Waals surface area contributed by atoms with E-state index in [1.54, 1.807) is 6.07 Å². The van der Waals surface area contributed by atoms with Crippen LogP contribution >= 0.6 is 0 Å². The minimum absolute atomic E-state index is 0.623. The van der Waals surface area contributed by atoms with Crippen molar-refractivity contribution in [2.45, 2.75) is 33.1 Å². The summed E-state index contributed by atoms with van der Waals surface area (Å²) in [5.41, 5.74) is 4.89. The van der Waals surface area contributed by atoms with Crippen molar-refractivity contribution in [2.24, 2.45) is 5.84 Å². The first-order valence-electron chi connectivity index (χ1n) is 6.95. The van der Waals surface area contributed by atoms with Gasteiger partial charge < -0.3 is 10.7 Å². The van der Waals surface area contributed by atoms with Crippen LogP contribution in [0, 0.1) is 0 Å². The number of nitrogens with one attached hydrogen (secondary N) is 2. The first-order chi connectivity index (χ1) is 9.75. The number of nitrogens with two attached hydrogens (primary N) is 1. The lowest BCUT2D eigenvalue weighted by Gasteiger charge is -2.10. The van der Waals surface area contributed by atoms with Crippen molar-refractivity contribution in [3.8, 4) is 0 Å². The molecule has 0 aliphatic rings. The average molecular weight is 271 g/mol. The molecule has 0 unspecified atom stereocenters. The zero-order valence-electron chi connectivity index (χ0n) is 12.0. The van der Waals surface area contributed by atoms with Gasteiger partial charge in [-0.2, -0.15) is 0 Å². The Morgan fingerprint density at radius 1 is 1.10 bits per heavy atom. The number of aromatic nitrogens is 2. The fraction of sp³-hybridized carbons (Fsp3) is 0.333. The number of aryl methyl sites for hydroxylation is 2. The van der Waals surface area contributed by atoms with Gasteiger partial charge in [0, 0.05) is 18.2 Å². The van der Waals surface area contributed by atoms with Gasteiger partial charge in [-0.25, -0.2) is 15.8 Å². The Balaban J connectivity index is 2.24. The highest BCUT2D eigenvalue weighted by Crippen LogP contribution is 2.19. The molecular formula is C15H21N5. The molecule has 0 amide bonds. The van der Waals surface area contributed by atoms with E-state index in [0.717, 1.165) is 36.6 Å². The summed E-state index contributed by atoms with van der Waals surface area (Å²) in [5, 5.41) is 3.31. The van der Waals surface area contributed by atoms with Crippen LogP contribution in [0.4, 0.5) is 17.3 Å². The van der Waals surface area contributed by atoms with E-state index in [4.69, 9.17) is 5.84 Å². The normalized spacial score (nSPS) is 10.3. The Kier molecular flexibility index (Phi) is 4.90. The van der Waals surface area contributed by atoms with Gasteiger partial charge in [-0.3, -0.25) is 0 Å². The third-order valence-corrected chi connectivity index (χ3v) is 3.00. The van der Waals surface area contributed by atoms with Crippen LogP contribution in [0.2, 0.25) is 0 Å². The van der Waals surface area contributed by atoms with E-state index in [9.17, 15) is 0 Å². The summed E-state index contributed by atoms with van der Waals surface area (Å²) in [6.45, 7) is 4.24. The van der Waals surface area contributed by atoms with Gasteiger partial charge in [-0.1, -0.05) is 26.0 Å². The van der Waals surface area contributed by atoms with Crippen LogP contribution in [0.25, 0.3) is 0 Å². The second kappa shape index (κ2) is 6.86. The molecule has 5 heteroatoms. The minimum atomic E-state index is 0.623. The van der Waals surface area contributed by atoms with Gasteiger partial charge in [0.2, 0.25) is 0 Å². The maximum Gasteiger partial charge on any atom is 0.145 e. The monoisotopic (exact) mass is 271 g/mol. The summed E-state index contributed by atoms with van der Waals surface area (Å²) in [5.74, 6) is 7.62. The van der Waals surface area contributed by atoms with E-state index < -0.39 is 0 Å². The lowest BCUT2D eigenvalue weighted by molar-refractivity contribution is 0.837. The predicted molar refractivity (Wildman–Crippen MR) is 82.9 cm³/mol. The van der Waals surface area contributed by atoms with Gasteiger partial charge in [0.25, 0.3) is 0 Å². The van der Waals surface area contributed by atoms with Gasteiger partial charge >= 0.3 is 0 Å². The molecule has 0 saturated carbocycles. The molecule has 0 saturated heterocycles. The second-order valence-corrected chi connectivity index (χ2v) is 4.63. The van der Waals surface area contributed by atoms with Crippen molar-refractivity contribution >= 4 is 17.3 Å². The first-order valence-corrected chi connectivity index (χ1v) is 6.95. The Bertz CT molecular complexity index is 568. The van der Waals surface area contributed by atoms with E-state index in [1.165, 1.54) is 5.56 Å². The van der Waals surface area contributed by atoms with Crippen molar-refractivity contribution in [2.75, 3.05) is 10.7 Å². The molecule has 1 aromatic heterocycles. The first kappa shape index (κ1) is 14.3. The van der Waals surface area contributed by atoms with Gasteiger partial charge in [0.1, 0.15) is 17.5 Å². The van der Waals surface area contributed by atoms with Crippen LogP contribution in [0.15, 0.2) is 30.3 Å². The Morgan fingerprint density at radius 3 is 2.60 bits per heavy atom. The fourth-order valence-electron chi connectivity index (χ4n) is 1.99. The van der Waals surface area contributed by atoms with Crippen LogP contribution in [0.5, 0.6) is 0 Å². The number of hydrazine groups is 1. The van der Waals surface area contributed by atoms with Crippen molar-refractivity contribution in [1.82, 2.24) is 9.97 Å². The minimum Gasteiger partial charge on any atom is -0.340 e. The van der Waals surface area contributed by atoms with Crippen LogP contribution in [-0.2, 0) is 12.8 Å². The van der Waals surface area contributed by atoms with Crippen molar-refractivity contribution in [1.29, 1.82) is 0 Å². The lowest BCUT2D eigenvalue weighted by atomic mass is 10.1. The molecule has 20 heavy (non-hydrogen) atoms. The highest BCUT2D eigenvalue weighted by atomic mass is 15.3. The smallest absolute Gasteiger partial charge is 0.145 e. The summed E-state index contributed by atoms with van der Waals surface area (Å²) in [6, 6.07) is 10.1. The Hall–Kier alpha value is -2.14. The van der Waals surface area contributed by atoms with Gasteiger partial charge in [0.15, 0.2) is 0 Å². The van der Waals surface area contributed by atoms with E-state index in [2.05, 4.69) is 46.7 Å². The highest BCUT2D eigenvalue weighted by Gasteiger charge is 2.04. The van der Waals surface area contributed by atoms with Crippen LogP contribution in [-0.4, -0.2) is 9.97 Å². The van der Waals surface area contributed by atoms with Crippen molar-refractivity contribution in [3.63, 3.8) is 0 Å². The largest absolute Gasteiger partial charge is 0.340 e. The van der Waals surface area contributed by atoms with Gasteiger partial charge in [-0.05, 0) is 30.5 Å². The number of hydrogen-bond acceptors (Lipinski definition) is 5. The fourth-order valence-corrected chi connectivity index (χ4v) is 1.99. The quantitative estimate of drug-likeness (QED) is 0.556. The molecule has 0 bridgehead atoms. The zero-order chi connectivity index (χ0) is 14.4. The SMILES string of the molecule is CCCc1nc(NN)cc(Nc2cccc(CC)c2)n1. The molecule has 0 fully saturated rings. The average Bonchev–Trinajstić information content (AvgIpc) is 2.47. The molecule has 0 radical (unpaired) electrons. The number of anilines is 3. The number of hydrogen-bond donors (Lipinski definition) is 3. The van der Waals surface area contributed by atoms with E-state index in [0.29, 0.717) is 5.82 Å². The second-order valence-electron chi connectivity index (χ2n) is 4.63. The topological polar surface area (TPSA) is 75.9 Å². The summed E-state index contributed by atoms with van der Waals surface area (Å²) >= 11 is 0. The molecule has 0 spiro atoms. The third-order valence-electron chi connectivity index (χ3n) is 3.00. The number of benzene rings is 1. The van der Waals surface area contributed by atoms with E-state index in [1.807, 2.05) is 12.1 Å². The highest BCUT2D eigenvalue weighted by molar-refractivity contribution is 5.59. The standard InChI is InChI=1S/C15H21N5/c1-3-6-13-18-14(10-15(19-13)20-16)17-12-8-5-7-11(4-2)9-12/h5,7-10H,3-4,6,16H2,1-2H3,(H2,17,18,19,20). The van der Waals surface area contributed by atoms with Crippen LogP contribution in [0.1, 0.15) is 31.7 Å². The molecule has 0 aliphatic heterocycles. The van der Waals surface area contributed by atoms with Gasteiger partial charge in [-0.15, -0.1) is 0 Å². The molecular weight excluding hydrogens is 250 g/mol. The molecule has 0 atom stereocenters. The molecule has 5 nitrogen and oxygen atoms in total. The molecule has 1 aromatic carbocycles. The summed E-state index contributed by atoms with van der Waals surface area (Å²) in [7, 11) is 0. The summed E-state index contributed by atoms with van der Waals surface area (Å²) in [6.07, 6.45) is 2.84. The molecule has 106 valence electrons. The maximum atomic E-state index is 5.45. The third kappa shape index (κ3) is 3.68. The maximum absolute atomic E-state index is 5.45. The molecule has 4 N–H and O–H groups in total. The molecule has 2 rings (SSSR count). The number of nitrogen functional groups attached to an aromatic ring is 1. The number of rotatable bonds is 6. The van der Waals surface area contributed by atoms with E-state index in [-0.39, 0.29) is 0 Å². The van der Waals surface area contributed by atoms with Crippen molar-refractivity contribution in [3.05, 3.63) is 41.7 Å². The number of nitrogens with zero attached hydrogens (tertiary/aromatic N) is 2. The molecule has 0 aliphatic carbocycles. The van der Waals surface area contributed by atoms with Crippen molar-refractivity contribution < 1.29 is 0 Å². The Labute approximate surface area is 119 Å². The lowest BCUT2D eigenvalue weighted by Crippen LogP contribution is -2.11. The summed E-state index contributed by atoms with van der Waals surface area (Å²) in [4.78, 5) is 8.83. The molecule has 1 heterocycles. The summed E-state index contributed by atoms with van der Waals surface area (Å²) < 4.78 is 0. The Morgan fingerprint density at radius 2 is 1.90 bits per heavy atom. The zero-order valence-corrected chi connectivity index (χ0v) is 12.0. The van der Waals surface area contributed by atoms with E-state index >= 15 is 0 Å². The predicted octanol–water partition coefficient (Wildman–Crippen LogP) is 3.02. The van der Waals surface area contributed by atoms with Gasteiger partial charge in [0.05, 0.1) is 0 Å². The molecule has 2 aromatic rings.